The van der Waals surface area contributed by atoms with Gasteiger partial charge in [0.05, 0.1) is 7.11 Å². The lowest BCUT2D eigenvalue weighted by Crippen LogP contribution is -2.27. The number of nitrogens with one attached hydrogen (secondary N) is 2. The predicted molar refractivity (Wildman–Crippen MR) is 89.9 cm³/mol. The minimum absolute atomic E-state index is 0.113. The van der Waals surface area contributed by atoms with E-state index in [4.69, 9.17) is 10.5 Å². The second kappa shape index (κ2) is 6.64. The summed E-state index contributed by atoms with van der Waals surface area (Å²) in [5, 5.41) is 4.71. The molecule has 3 rings (SSSR count). The molecule has 0 radical (unpaired) electrons. The number of aromatic amines is 1. The zero-order chi connectivity index (χ0) is 15.4. The molecule has 0 fully saturated rings. The minimum Gasteiger partial charge on any atom is -0.497 e. The van der Waals surface area contributed by atoms with Crippen LogP contribution in [0.1, 0.15) is 17.2 Å². The second-order valence-electron chi connectivity index (χ2n) is 5.31. The molecule has 1 aromatic heterocycles. The summed E-state index contributed by atoms with van der Waals surface area (Å²) in [7, 11) is 1.68. The van der Waals surface area contributed by atoms with Gasteiger partial charge in [0.15, 0.2) is 0 Å². The van der Waals surface area contributed by atoms with Gasteiger partial charge in [0.2, 0.25) is 0 Å². The molecule has 114 valence electrons. The standard InChI is InChI=1S/C18H21N3O/c1-22-14-7-8-15-16(12-21-17(15)9-14)18(10-19)20-11-13-5-3-2-4-6-13/h2-9,12,18,20-21H,10-11,19H2,1H3. The third kappa shape index (κ3) is 2.98. The fraction of sp³-hybridized carbons (Fsp3) is 0.222. The van der Waals surface area contributed by atoms with Crippen molar-refractivity contribution in [3.63, 3.8) is 0 Å². The van der Waals surface area contributed by atoms with E-state index in [0.29, 0.717) is 6.54 Å². The molecule has 0 saturated carbocycles. The number of ether oxygens (including phenoxy) is 1. The summed E-state index contributed by atoms with van der Waals surface area (Å²) < 4.78 is 5.26. The third-order valence-electron chi connectivity index (χ3n) is 3.93. The Hall–Kier alpha value is -2.30. The van der Waals surface area contributed by atoms with Crippen LogP contribution in [0, 0.1) is 0 Å². The van der Waals surface area contributed by atoms with E-state index in [1.54, 1.807) is 7.11 Å². The Labute approximate surface area is 130 Å². The Bertz CT molecular complexity index is 736. The first-order chi connectivity index (χ1) is 10.8. The van der Waals surface area contributed by atoms with Gasteiger partial charge in [0.1, 0.15) is 5.75 Å². The van der Waals surface area contributed by atoms with Crippen molar-refractivity contribution in [3.8, 4) is 5.75 Å². The van der Waals surface area contributed by atoms with E-state index in [1.165, 1.54) is 16.5 Å². The van der Waals surface area contributed by atoms with Crippen molar-refractivity contribution >= 4 is 10.9 Å². The Balaban J connectivity index is 1.81. The summed E-state index contributed by atoms with van der Waals surface area (Å²) in [5.41, 5.74) is 9.48. The molecule has 1 unspecified atom stereocenters. The molecule has 0 spiro atoms. The molecule has 4 N–H and O–H groups in total. The predicted octanol–water partition coefficient (Wildman–Crippen LogP) is 2.97. The van der Waals surface area contributed by atoms with Crippen LogP contribution in [0.2, 0.25) is 0 Å². The van der Waals surface area contributed by atoms with Gasteiger partial charge in [-0.25, -0.2) is 0 Å². The molecule has 4 nitrogen and oxygen atoms in total. The minimum atomic E-state index is 0.113. The van der Waals surface area contributed by atoms with Crippen LogP contribution in [-0.2, 0) is 6.54 Å². The maximum Gasteiger partial charge on any atom is 0.120 e. The summed E-state index contributed by atoms with van der Waals surface area (Å²) in [6.45, 7) is 1.34. The van der Waals surface area contributed by atoms with Crippen LogP contribution in [0.15, 0.2) is 54.7 Å². The number of fused-ring (bicyclic) bond motifs is 1. The highest BCUT2D eigenvalue weighted by atomic mass is 16.5. The van der Waals surface area contributed by atoms with Crippen molar-refractivity contribution in [2.45, 2.75) is 12.6 Å². The average Bonchev–Trinajstić information content (AvgIpc) is 2.99. The molecule has 2 aromatic carbocycles. The fourth-order valence-electron chi connectivity index (χ4n) is 2.70. The zero-order valence-electron chi connectivity index (χ0n) is 12.7. The first-order valence-corrected chi connectivity index (χ1v) is 7.44. The van der Waals surface area contributed by atoms with Gasteiger partial charge in [-0.2, -0.15) is 0 Å². The monoisotopic (exact) mass is 295 g/mol. The molecular weight excluding hydrogens is 274 g/mol. The normalized spacial score (nSPS) is 12.5. The molecule has 22 heavy (non-hydrogen) atoms. The van der Waals surface area contributed by atoms with Crippen molar-refractivity contribution in [2.75, 3.05) is 13.7 Å². The second-order valence-corrected chi connectivity index (χ2v) is 5.31. The largest absolute Gasteiger partial charge is 0.497 e. The maximum atomic E-state index is 5.97. The van der Waals surface area contributed by atoms with Gasteiger partial charge in [0, 0.05) is 42.3 Å². The van der Waals surface area contributed by atoms with Crippen molar-refractivity contribution in [2.24, 2.45) is 5.73 Å². The van der Waals surface area contributed by atoms with Gasteiger partial charge in [-0.05, 0) is 23.3 Å². The number of hydrogen-bond acceptors (Lipinski definition) is 3. The van der Waals surface area contributed by atoms with E-state index >= 15 is 0 Å². The van der Waals surface area contributed by atoms with Crippen molar-refractivity contribution in [3.05, 3.63) is 65.9 Å². The van der Waals surface area contributed by atoms with Crippen molar-refractivity contribution in [1.82, 2.24) is 10.3 Å². The van der Waals surface area contributed by atoms with E-state index < -0.39 is 0 Å². The highest BCUT2D eigenvalue weighted by Crippen LogP contribution is 2.27. The Morgan fingerprint density at radius 2 is 2.00 bits per heavy atom. The lowest BCUT2D eigenvalue weighted by Gasteiger charge is -2.16. The van der Waals surface area contributed by atoms with Crippen molar-refractivity contribution < 1.29 is 4.74 Å². The number of aromatic nitrogens is 1. The maximum absolute atomic E-state index is 5.97. The number of hydrogen-bond donors (Lipinski definition) is 3. The quantitative estimate of drug-likeness (QED) is 0.655. The molecule has 1 atom stereocenters. The lowest BCUT2D eigenvalue weighted by molar-refractivity contribution is 0.415. The van der Waals surface area contributed by atoms with Gasteiger partial charge >= 0.3 is 0 Å². The van der Waals surface area contributed by atoms with Gasteiger partial charge in [-0.15, -0.1) is 0 Å². The number of H-pyrrole nitrogens is 1. The van der Waals surface area contributed by atoms with E-state index in [2.05, 4.69) is 28.5 Å². The molecule has 0 aliphatic carbocycles. The smallest absolute Gasteiger partial charge is 0.120 e. The van der Waals surface area contributed by atoms with Gasteiger partial charge in [0.25, 0.3) is 0 Å². The van der Waals surface area contributed by atoms with Crippen LogP contribution < -0.4 is 15.8 Å². The Morgan fingerprint density at radius 3 is 2.73 bits per heavy atom. The first kappa shape index (κ1) is 14.6. The van der Waals surface area contributed by atoms with E-state index in [-0.39, 0.29) is 6.04 Å². The number of nitrogens with two attached hydrogens (primary N) is 1. The summed E-state index contributed by atoms with van der Waals surface area (Å²) in [5.74, 6) is 0.849. The Morgan fingerprint density at radius 1 is 1.18 bits per heavy atom. The average molecular weight is 295 g/mol. The topological polar surface area (TPSA) is 63.1 Å². The molecule has 3 aromatic rings. The van der Waals surface area contributed by atoms with Crippen LogP contribution in [0.25, 0.3) is 10.9 Å². The molecule has 1 heterocycles. The van der Waals surface area contributed by atoms with Crippen LogP contribution in [0.3, 0.4) is 0 Å². The van der Waals surface area contributed by atoms with Crippen LogP contribution in [-0.4, -0.2) is 18.6 Å². The molecule has 0 amide bonds. The van der Waals surface area contributed by atoms with Gasteiger partial charge < -0.3 is 20.8 Å². The van der Waals surface area contributed by atoms with E-state index in [0.717, 1.165) is 17.8 Å². The molecule has 0 saturated heterocycles. The van der Waals surface area contributed by atoms with E-state index in [9.17, 15) is 0 Å². The van der Waals surface area contributed by atoms with Gasteiger partial charge in [-0.1, -0.05) is 30.3 Å². The third-order valence-corrected chi connectivity index (χ3v) is 3.93. The molecular formula is C18H21N3O. The molecule has 0 aliphatic rings. The number of rotatable bonds is 6. The SMILES string of the molecule is COc1ccc2c(C(CN)NCc3ccccc3)c[nH]c2c1. The molecule has 4 heteroatoms. The van der Waals surface area contributed by atoms with Crippen LogP contribution in [0.5, 0.6) is 5.75 Å². The summed E-state index contributed by atoms with van der Waals surface area (Å²) in [4.78, 5) is 3.30. The molecule has 0 aliphatic heterocycles. The highest BCUT2D eigenvalue weighted by molar-refractivity contribution is 5.85. The summed E-state index contributed by atoms with van der Waals surface area (Å²) in [6, 6.07) is 16.5. The fourth-order valence-corrected chi connectivity index (χ4v) is 2.70. The van der Waals surface area contributed by atoms with Crippen LogP contribution >= 0.6 is 0 Å². The first-order valence-electron chi connectivity index (χ1n) is 7.44. The summed E-state index contributed by atoms with van der Waals surface area (Å²) >= 11 is 0. The van der Waals surface area contributed by atoms with Crippen LogP contribution in [0.4, 0.5) is 0 Å². The zero-order valence-corrected chi connectivity index (χ0v) is 12.7. The van der Waals surface area contributed by atoms with Gasteiger partial charge in [-0.3, -0.25) is 0 Å². The summed E-state index contributed by atoms with van der Waals surface area (Å²) in [6.07, 6.45) is 2.03. The van der Waals surface area contributed by atoms with Crippen molar-refractivity contribution in [1.29, 1.82) is 0 Å². The number of methoxy groups -OCH3 is 1. The highest BCUT2D eigenvalue weighted by Gasteiger charge is 2.14. The number of benzene rings is 2. The van der Waals surface area contributed by atoms with E-state index in [1.807, 2.05) is 36.5 Å². The molecule has 0 bridgehead atoms. The lowest BCUT2D eigenvalue weighted by atomic mass is 10.1. The Kier molecular flexibility index (Phi) is 4.42.